The number of nitrogens with zero attached hydrogens (tertiary/aromatic N) is 1. The van der Waals surface area contributed by atoms with Crippen molar-refractivity contribution in [1.29, 1.82) is 0 Å². The lowest BCUT2D eigenvalue weighted by Gasteiger charge is -2.41. The normalized spacial score (nSPS) is 27.9. The van der Waals surface area contributed by atoms with E-state index in [4.69, 9.17) is 4.74 Å². The zero-order chi connectivity index (χ0) is 13.2. The average Bonchev–Trinajstić information content (AvgIpc) is 2.38. The SMILES string of the molecule is CC1COC(c2ccccc2)CN1C(=O)C1CNC1. The lowest BCUT2D eigenvalue weighted by molar-refractivity contribution is -0.150. The third-order valence-corrected chi connectivity index (χ3v) is 4.02. The van der Waals surface area contributed by atoms with Crippen LogP contribution in [0.5, 0.6) is 0 Å². The van der Waals surface area contributed by atoms with Crippen LogP contribution in [0.15, 0.2) is 30.3 Å². The van der Waals surface area contributed by atoms with Gasteiger partial charge in [0.1, 0.15) is 6.10 Å². The van der Waals surface area contributed by atoms with Crippen LogP contribution in [-0.2, 0) is 9.53 Å². The second kappa shape index (κ2) is 5.31. The first-order chi connectivity index (χ1) is 9.25. The zero-order valence-electron chi connectivity index (χ0n) is 11.2. The Morgan fingerprint density at radius 2 is 2.05 bits per heavy atom. The van der Waals surface area contributed by atoms with Crippen molar-refractivity contribution in [1.82, 2.24) is 10.2 Å². The summed E-state index contributed by atoms with van der Waals surface area (Å²) in [6, 6.07) is 10.3. The Labute approximate surface area is 113 Å². The number of amides is 1. The standard InChI is InChI=1S/C15H20N2O2/c1-11-10-19-14(12-5-3-2-4-6-12)9-17(11)15(18)13-7-16-8-13/h2-6,11,13-14,16H,7-10H2,1H3. The molecule has 2 saturated heterocycles. The van der Waals surface area contributed by atoms with Crippen molar-refractivity contribution in [3.05, 3.63) is 35.9 Å². The summed E-state index contributed by atoms with van der Waals surface area (Å²) in [4.78, 5) is 14.4. The van der Waals surface area contributed by atoms with Gasteiger partial charge < -0.3 is 15.0 Å². The average molecular weight is 260 g/mol. The van der Waals surface area contributed by atoms with Gasteiger partial charge in [0, 0.05) is 13.1 Å². The van der Waals surface area contributed by atoms with E-state index >= 15 is 0 Å². The van der Waals surface area contributed by atoms with Crippen LogP contribution in [0.3, 0.4) is 0 Å². The number of carbonyl (C=O) groups excluding carboxylic acids is 1. The van der Waals surface area contributed by atoms with Crippen molar-refractivity contribution in [2.75, 3.05) is 26.2 Å². The van der Waals surface area contributed by atoms with Crippen LogP contribution >= 0.6 is 0 Å². The van der Waals surface area contributed by atoms with E-state index in [0.29, 0.717) is 13.2 Å². The number of carbonyl (C=O) groups is 1. The molecule has 0 aromatic heterocycles. The molecule has 2 unspecified atom stereocenters. The molecule has 0 spiro atoms. The molecule has 0 saturated carbocycles. The molecule has 19 heavy (non-hydrogen) atoms. The van der Waals surface area contributed by atoms with Crippen molar-refractivity contribution < 1.29 is 9.53 Å². The maximum Gasteiger partial charge on any atom is 0.228 e. The highest BCUT2D eigenvalue weighted by Gasteiger charge is 2.36. The molecule has 1 amide bonds. The monoisotopic (exact) mass is 260 g/mol. The van der Waals surface area contributed by atoms with Gasteiger partial charge in [0.05, 0.1) is 25.1 Å². The van der Waals surface area contributed by atoms with Crippen LogP contribution in [0.25, 0.3) is 0 Å². The number of morpholine rings is 1. The van der Waals surface area contributed by atoms with E-state index in [0.717, 1.165) is 18.7 Å². The van der Waals surface area contributed by atoms with E-state index in [1.165, 1.54) is 0 Å². The third-order valence-electron chi connectivity index (χ3n) is 4.02. The van der Waals surface area contributed by atoms with E-state index in [9.17, 15) is 4.79 Å². The molecule has 0 bridgehead atoms. The minimum Gasteiger partial charge on any atom is -0.370 e. The molecule has 3 rings (SSSR count). The van der Waals surface area contributed by atoms with E-state index in [1.54, 1.807) is 0 Å². The Bertz CT molecular complexity index is 445. The Hall–Kier alpha value is -1.39. The molecule has 2 fully saturated rings. The van der Waals surface area contributed by atoms with E-state index in [1.807, 2.05) is 23.1 Å². The van der Waals surface area contributed by atoms with Crippen LogP contribution in [0.4, 0.5) is 0 Å². The molecule has 4 heteroatoms. The predicted molar refractivity (Wildman–Crippen MR) is 72.7 cm³/mol. The number of nitrogens with one attached hydrogen (secondary N) is 1. The van der Waals surface area contributed by atoms with Gasteiger partial charge in [-0.15, -0.1) is 0 Å². The van der Waals surface area contributed by atoms with Crippen LogP contribution in [0, 0.1) is 5.92 Å². The van der Waals surface area contributed by atoms with Crippen LogP contribution in [0.1, 0.15) is 18.6 Å². The molecule has 0 radical (unpaired) electrons. The molecule has 1 N–H and O–H groups in total. The van der Waals surface area contributed by atoms with Gasteiger partial charge >= 0.3 is 0 Å². The molecule has 2 aliphatic rings. The topological polar surface area (TPSA) is 41.6 Å². The minimum atomic E-state index is 0.00869. The molecule has 2 aliphatic heterocycles. The van der Waals surface area contributed by atoms with Crippen LogP contribution in [-0.4, -0.2) is 43.1 Å². The molecule has 102 valence electrons. The Kier molecular flexibility index (Phi) is 3.53. The summed E-state index contributed by atoms with van der Waals surface area (Å²) in [6.45, 7) is 4.98. The highest BCUT2D eigenvalue weighted by molar-refractivity contribution is 5.80. The summed E-state index contributed by atoms with van der Waals surface area (Å²) < 4.78 is 5.88. The molecule has 2 atom stereocenters. The molecule has 2 heterocycles. The fourth-order valence-electron chi connectivity index (χ4n) is 2.63. The fourth-order valence-corrected chi connectivity index (χ4v) is 2.63. The number of rotatable bonds is 2. The Morgan fingerprint density at radius 3 is 2.68 bits per heavy atom. The van der Waals surface area contributed by atoms with Gasteiger partial charge in [0.25, 0.3) is 0 Å². The lowest BCUT2D eigenvalue weighted by Crippen LogP contribution is -2.57. The maximum atomic E-state index is 12.4. The number of ether oxygens (including phenoxy) is 1. The second-order valence-electron chi connectivity index (χ2n) is 5.43. The van der Waals surface area contributed by atoms with Crippen molar-refractivity contribution in [3.8, 4) is 0 Å². The zero-order valence-corrected chi connectivity index (χ0v) is 11.2. The Balaban J connectivity index is 1.71. The molecule has 1 aromatic carbocycles. The molecular weight excluding hydrogens is 240 g/mol. The van der Waals surface area contributed by atoms with Gasteiger partial charge in [-0.3, -0.25) is 4.79 Å². The minimum absolute atomic E-state index is 0.00869. The van der Waals surface area contributed by atoms with Crippen molar-refractivity contribution in [3.63, 3.8) is 0 Å². The summed E-state index contributed by atoms with van der Waals surface area (Å²) in [5, 5.41) is 3.16. The van der Waals surface area contributed by atoms with Gasteiger partial charge in [-0.2, -0.15) is 0 Å². The summed E-state index contributed by atoms with van der Waals surface area (Å²) in [7, 11) is 0. The summed E-state index contributed by atoms with van der Waals surface area (Å²) in [6.07, 6.45) is 0.00869. The molecule has 0 aliphatic carbocycles. The molecule has 4 nitrogen and oxygen atoms in total. The predicted octanol–water partition coefficient (Wildman–Crippen LogP) is 1.19. The smallest absolute Gasteiger partial charge is 0.228 e. The first kappa shape index (κ1) is 12.6. The second-order valence-corrected chi connectivity index (χ2v) is 5.43. The van der Waals surface area contributed by atoms with E-state index < -0.39 is 0 Å². The highest BCUT2D eigenvalue weighted by atomic mass is 16.5. The molecular formula is C15H20N2O2. The lowest BCUT2D eigenvalue weighted by atomic mass is 9.99. The summed E-state index contributed by atoms with van der Waals surface area (Å²) in [5.74, 6) is 0.437. The quantitative estimate of drug-likeness (QED) is 0.868. The number of hydrogen-bond acceptors (Lipinski definition) is 3. The van der Waals surface area contributed by atoms with Gasteiger partial charge in [0.15, 0.2) is 0 Å². The first-order valence-electron chi connectivity index (χ1n) is 6.93. The van der Waals surface area contributed by atoms with Crippen LogP contribution in [0.2, 0.25) is 0 Å². The van der Waals surface area contributed by atoms with Gasteiger partial charge in [-0.1, -0.05) is 30.3 Å². The summed E-state index contributed by atoms with van der Waals surface area (Å²) in [5.41, 5.74) is 1.15. The number of hydrogen-bond donors (Lipinski definition) is 1. The first-order valence-corrected chi connectivity index (χ1v) is 6.93. The fraction of sp³-hybridized carbons (Fsp3) is 0.533. The third kappa shape index (κ3) is 2.51. The van der Waals surface area contributed by atoms with Gasteiger partial charge in [0.2, 0.25) is 5.91 Å². The van der Waals surface area contributed by atoms with E-state index in [2.05, 4.69) is 24.4 Å². The summed E-state index contributed by atoms with van der Waals surface area (Å²) >= 11 is 0. The highest BCUT2D eigenvalue weighted by Crippen LogP contribution is 2.26. The van der Waals surface area contributed by atoms with Crippen molar-refractivity contribution >= 4 is 5.91 Å². The molecule has 1 aromatic rings. The maximum absolute atomic E-state index is 12.4. The van der Waals surface area contributed by atoms with Crippen molar-refractivity contribution in [2.24, 2.45) is 5.92 Å². The Morgan fingerprint density at radius 1 is 1.32 bits per heavy atom. The van der Waals surface area contributed by atoms with E-state index in [-0.39, 0.29) is 24.0 Å². The number of benzene rings is 1. The largest absolute Gasteiger partial charge is 0.370 e. The van der Waals surface area contributed by atoms with Gasteiger partial charge in [-0.05, 0) is 12.5 Å². The van der Waals surface area contributed by atoms with Crippen LogP contribution < -0.4 is 5.32 Å². The van der Waals surface area contributed by atoms with Gasteiger partial charge in [-0.25, -0.2) is 0 Å². The van der Waals surface area contributed by atoms with Crippen molar-refractivity contribution in [2.45, 2.75) is 19.1 Å².